The van der Waals surface area contributed by atoms with Gasteiger partial charge in [0.25, 0.3) is 0 Å². The van der Waals surface area contributed by atoms with Crippen LogP contribution in [0, 0.1) is 11.7 Å². The van der Waals surface area contributed by atoms with Crippen molar-refractivity contribution in [2.45, 2.75) is 32.7 Å². The summed E-state index contributed by atoms with van der Waals surface area (Å²) < 4.78 is 13.3. The fourth-order valence-corrected chi connectivity index (χ4v) is 1.96. The number of hydrogen-bond donors (Lipinski definition) is 3. The lowest BCUT2D eigenvalue weighted by Gasteiger charge is -2.15. The molecule has 7 heteroatoms. The number of rotatable bonds is 7. The summed E-state index contributed by atoms with van der Waals surface area (Å²) in [7, 11) is 0. The molecule has 0 aromatic heterocycles. The zero-order valence-electron chi connectivity index (χ0n) is 12.8. The highest BCUT2D eigenvalue weighted by Crippen LogP contribution is 2.27. The van der Waals surface area contributed by atoms with Crippen LogP contribution in [0.2, 0.25) is 0 Å². The molecule has 1 amide bonds. The second-order valence-corrected chi connectivity index (χ2v) is 5.61. The summed E-state index contributed by atoms with van der Waals surface area (Å²) in [4.78, 5) is 11.8. The molecule has 2 rings (SSSR count). The molecule has 4 nitrogen and oxygen atoms in total. The van der Waals surface area contributed by atoms with Crippen LogP contribution in [0.4, 0.5) is 15.8 Å². The second-order valence-electron chi connectivity index (χ2n) is 5.61. The van der Waals surface area contributed by atoms with E-state index < -0.39 is 0 Å². The molecule has 0 radical (unpaired) electrons. The van der Waals surface area contributed by atoms with Gasteiger partial charge in [-0.1, -0.05) is 0 Å². The average molecular weight is 352 g/mol. The highest BCUT2D eigenvalue weighted by molar-refractivity contribution is 5.95. The summed E-state index contributed by atoms with van der Waals surface area (Å²) >= 11 is 0. The maximum atomic E-state index is 13.3. The van der Waals surface area contributed by atoms with Gasteiger partial charge >= 0.3 is 0 Å². The zero-order chi connectivity index (χ0) is 14.5. The number of carbonyl (C=O) groups excluding carboxylic acids is 1. The third-order valence-corrected chi connectivity index (χ3v) is 3.12. The Bertz CT molecular complexity index is 482. The van der Waals surface area contributed by atoms with E-state index in [1.807, 2.05) is 13.8 Å². The van der Waals surface area contributed by atoms with Gasteiger partial charge in [-0.2, -0.15) is 0 Å². The minimum Gasteiger partial charge on any atom is -0.381 e. The van der Waals surface area contributed by atoms with E-state index in [2.05, 4.69) is 16.0 Å². The van der Waals surface area contributed by atoms with Gasteiger partial charge in [0.05, 0.1) is 17.9 Å². The van der Waals surface area contributed by atoms with Crippen molar-refractivity contribution < 1.29 is 9.18 Å². The molecule has 1 aromatic rings. The number of anilines is 2. The maximum absolute atomic E-state index is 13.3. The van der Waals surface area contributed by atoms with Gasteiger partial charge in [-0.05, 0) is 57.4 Å². The molecular weight excluding hydrogens is 328 g/mol. The van der Waals surface area contributed by atoms with Crippen LogP contribution < -0.4 is 16.0 Å². The predicted octanol–water partition coefficient (Wildman–Crippen LogP) is 3.43. The summed E-state index contributed by atoms with van der Waals surface area (Å²) in [5, 5.41) is 9.07. The highest BCUT2D eigenvalue weighted by Gasteiger charge is 2.20. The SMILES string of the molecule is CC(C)Nc1cc(F)ccc1NC(=O)CNCC1CC1.Cl.Cl. The molecule has 0 atom stereocenters. The van der Waals surface area contributed by atoms with Crippen molar-refractivity contribution in [1.82, 2.24) is 5.32 Å². The quantitative estimate of drug-likeness (QED) is 0.705. The monoisotopic (exact) mass is 351 g/mol. The minimum atomic E-state index is -0.321. The van der Waals surface area contributed by atoms with E-state index in [0.29, 0.717) is 11.4 Å². The van der Waals surface area contributed by atoms with E-state index in [4.69, 9.17) is 0 Å². The number of carbonyl (C=O) groups is 1. The van der Waals surface area contributed by atoms with Crippen molar-refractivity contribution in [1.29, 1.82) is 0 Å². The van der Waals surface area contributed by atoms with Gasteiger partial charge in [0.15, 0.2) is 0 Å². The van der Waals surface area contributed by atoms with E-state index >= 15 is 0 Å². The number of halogens is 3. The lowest BCUT2D eigenvalue weighted by molar-refractivity contribution is -0.115. The van der Waals surface area contributed by atoms with Crippen molar-refractivity contribution in [2.75, 3.05) is 23.7 Å². The van der Waals surface area contributed by atoms with Crippen LogP contribution in [0.3, 0.4) is 0 Å². The number of nitrogens with one attached hydrogen (secondary N) is 3. The number of benzene rings is 1. The molecule has 1 saturated carbocycles. The lowest BCUT2D eigenvalue weighted by Crippen LogP contribution is -2.29. The first-order valence-electron chi connectivity index (χ1n) is 7.11. The first-order chi connectivity index (χ1) is 9.54. The molecule has 0 heterocycles. The number of amides is 1. The van der Waals surface area contributed by atoms with Gasteiger partial charge in [0.2, 0.25) is 5.91 Å². The molecule has 1 aliphatic rings. The molecule has 0 aliphatic heterocycles. The first kappa shape index (κ1) is 21.0. The van der Waals surface area contributed by atoms with E-state index in [1.165, 1.54) is 25.0 Å². The summed E-state index contributed by atoms with van der Waals surface area (Å²) in [6.45, 7) is 5.12. The van der Waals surface area contributed by atoms with Crippen LogP contribution in [0.15, 0.2) is 18.2 Å². The van der Waals surface area contributed by atoms with Gasteiger partial charge in [-0.3, -0.25) is 4.79 Å². The lowest BCUT2D eigenvalue weighted by atomic mass is 10.2. The molecule has 1 aliphatic carbocycles. The Morgan fingerprint density at radius 3 is 2.55 bits per heavy atom. The fraction of sp³-hybridized carbons (Fsp3) is 0.533. The molecular formula is C15H24Cl2FN3O. The molecule has 3 N–H and O–H groups in total. The zero-order valence-corrected chi connectivity index (χ0v) is 14.5. The molecule has 126 valence electrons. The summed E-state index contributed by atoms with van der Waals surface area (Å²) in [6.07, 6.45) is 2.52. The Kier molecular flexibility index (Phi) is 9.41. The summed E-state index contributed by atoms with van der Waals surface area (Å²) in [6, 6.07) is 4.49. The Hall–Kier alpha value is -1.04. The van der Waals surface area contributed by atoms with E-state index in [9.17, 15) is 9.18 Å². The minimum absolute atomic E-state index is 0. The average Bonchev–Trinajstić information content (AvgIpc) is 3.16. The van der Waals surface area contributed by atoms with Gasteiger partial charge in [0, 0.05) is 6.04 Å². The van der Waals surface area contributed by atoms with Crippen molar-refractivity contribution in [3.8, 4) is 0 Å². The van der Waals surface area contributed by atoms with Crippen molar-refractivity contribution in [2.24, 2.45) is 5.92 Å². The molecule has 1 aromatic carbocycles. The third-order valence-electron chi connectivity index (χ3n) is 3.12. The fourth-order valence-electron chi connectivity index (χ4n) is 1.96. The van der Waals surface area contributed by atoms with Crippen LogP contribution in [-0.2, 0) is 4.79 Å². The normalized spacial score (nSPS) is 13.1. The Morgan fingerprint density at radius 2 is 1.95 bits per heavy atom. The Labute approximate surface area is 143 Å². The van der Waals surface area contributed by atoms with E-state index in [-0.39, 0.29) is 49.1 Å². The summed E-state index contributed by atoms with van der Waals surface area (Å²) in [5.41, 5.74) is 1.22. The Balaban J connectivity index is 0.00000220. The third kappa shape index (κ3) is 7.29. The van der Waals surface area contributed by atoms with Crippen LogP contribution in [0.25, 0.3) is 0 Å². The number of hydrogen-bond acceptors (Lipinski definition) is 3. The molecule has 22 heavy (non-hydrogen) atoms. The van der Waals surface area contributed by atoms with Gasteiger partial charge < -0.3 is 16.0 Å². The van der Waals surface area contributed by atoms with Crippen LogP contribution >= 0.6 is 24.8 Å². The van der Waals surface area contributed by atoms with Crippen molar-refractivity contribution in [3.05, 3.63) is 24.0 Å². The van der Waals surface area contributed by atoms with E-state index in [0.717, 1.165) is 12.5 Å². The van der Waals surface area contributed by atoms with Gasteiger partial charge in [-0.15, -0.1) is 24.8 Å². The van der Waals surface area contributed by atoms with Gasteiger partial charge in [0.1, 0.15) is 5.82 Å². The molecule has 0 bridgehead atoms. The first-order valence-corrected chi connectivity index (χ1v) is 7.11. The van der Waals surface area contributed by atoms with Crippen LogP contribution in [0.1, 0.15) is 26.7 Å². The van der Waals surface area contributed by atoms with Crippen molar-refractivity contribution in [3.63, 3.8) is 0 Å². The molecule has 1 fully saturated rings. The smallest absolute Gasteiger partial charge is 0.238 e. The maximum Gasteiger partial charge on any atom is 0.238 e. The Morgan fingerprint density at radius 1 is 1.27 bits per heavy atom. The van der Waals surface area contributed by atoms with Crippen molar-refractivity contribution >= 4 is 42.1 Å². The van der Waals surface area contributed by atoms with E-state index in [1.54, 1.807) is 6.07 Å². The van der Waals surface area contributed by atoms with Crippen LogP contribution in [-0.4, -0.2) is 25.0 Å². The van der Waals surface area contributed by atoms with Crippen LogP contribution in [0.5, 0.6) is 0 Å². The highest BCUT2D eigenvalue weighted by atomic mass is 35.5. The predicted molar refractivity (Wildman–Crippen MR) is 93.9 cm³/mol. The summed E-state index contributed by atoms with van der Waals surface area (Å²) in [5.74, 6) is 0.314. The largest absolute Gasteiger partial charge is 0.381 e. The standard InChI is InChI=1S/C15H22FN3O.2ClH/c1-10(2)18-14-7-12(16)5-6-13(14)19-15(20)9-17-8-11-3-4-11;;/h5-7,10-11,17-18H,3-4,8-9H2,1-2H3,(H,19,20);2*1H. The van der Waals surface area contributed by atoms with Gasteiger partial charge in [-0.25, -0.2) is 4.39 Å². The molecule has 0 unspecified atom stereocenters. The molecule has 0 spiro atoms. The second kappa shape index (κ2) is 9.87. The molecule has 0 saturated heterocycles. The topological polar surface area (TPSA) is 53.2 Å².